The Morgan fingerprint density at radius 2 is 1.36 bits per heavy atom. The van der Waals surface area contributed by atoms with Crippen molar-refractivity contribution in [1.82, 2.24) is 15.1 Å². The van der Waals surface area contributed by atoms with Gasteiger partial charge in [-0.3, -0.25) is 4.79 Å². The predicted molar refractivity (Wildman–Crippen MR) is 152 cm³/mol. The summed E-state index contributed by atoms with van der Waals surface area (Å²) in [7, 11) is 0. The summed E-state index contributed by atoms with van der Waals surface area (Å²) in [5, 5.41) is 3.34. The van der Waals surface area contributed by atoms with Crippen LogP contribution in [0.4, 0.5) is 14.9 Å². The Bertz CT molecular complexity index is 1240. The molecule has 0 radical (unpaired) electrons. The smallest absolute Gasteiger partial charge is 0.320 e. The number of hydrogen-bond donors (Lipinski definition) is 1. The molecule has 5 rings (SSSR count). The van der Waals surface area contributed by atoms with Crippen LogP contribution in [0.3, 0.4) is 0 Å². The first kappa shape index (κ1) is 26.7. The number of amides is 3. The van der Waals surface area contributed by atoms with E-state index in [2.05, 4.69) is 29.3 Å². The number of benzene rings is 3. The van der Waals surface area contributed by atoms with Gasteiger partial charge < -0.3 is 20.0 Å². The van der Waals surface area contributed by atoms with Crippen LogP contribution in [-0.4, -0.2) is 61.0 Å². The summed E-state index contributed by atoms with van der Waals surface area (Å²) in [6.07, 6.45) is 1.96. The maximum absolute atomic E-state index is 14.0. The number of carbonyl (C=O) groups excluding carboxylic acids is 2. The van der Waals surface area contributed by atoms with Crippen LogP contribution in [0.2, 0.25) is 0 Å². The molecule has 2 heterocycles. The molecule has 2 aliphatic heterocycles. The Morgan fingerprint density at radius 1 is 0.795 bits per heavy atom. The molecular formula is C32H37FN4O2. The van der Waals surface area contributed by atoms with E-state index in [-0.39, 0.29) is 23.8 Å². The lowest BCUT2D eigenvalue weighted by Gasteiger charge is -2.44. The third kappa shape index (κ3) is 5.77. The van der Waals surface area contributed by atoms with Crippen LogP contribution in [0.25, 0.3) is 0 Å². The first-order valence-electron chi connectivity index (χ1n) is 14.0. The Hall–Kier alpha value is -3.87. The molecule has 0 saturated carbocycles. The Labute approximate surface area is 230 Å². The number of piperazine rings is 1. The van der Waals surface area contributed by atoms with E-state index in [0.29, 0.717) is 52.1 Å². The second-order valence-corrected chi connectivity index (χ2v) is 10.5. The molecule has 0 aliphatic carbocycles. The standard InChI is InChI=1S/C32H37FN4O2/c1-2-29(25-9-5-3-6-10-25)34-30(38)32(26-11-7-4-8-12-26)17-19-36(20-18-32)31(39)37-23-21-35(22-24-37)28-15-13-27(33)14-16-28/h3-16,29H,2,17-24H2,1H3,(H,34,38)/t29-/m0/s1. The van der Waals surface area contributed by atoms with E-state index in [1.807, 2.05) is 58.3 Å². The lowest BCUT2D eigenvalue weighted by Crippen LogP contribution is -2.57. The lowest BCUT2D eigenvalue weighted by molar-refractivity contribution is -0.129. The average Bonchev–Trinajstić information content (AvgIpc) is 3.01. The van der Waals surface area contributed by atoms with Gasteiger partial charge in [0.2, 0.25) is 5.91 Å². The Morgan fingerprint density at radius 3 is 1.95 bits per heavy atom. The van der Waals surface area contributed by atoms with E-state index in [1.54, 1.807) is 12.1 Å². The van der Waals surface area contributed by atoms with Crippen molar-refractivity contribution in [2.45, 2.75) is 37.6 Å². The highest BCUT2D eigenvalue weighted by atomic mass is 19.1. The van der Waals surface area contributed by atoms with E-state index >= 15 is 0 Å². The number of anilines is 1. The van der Waals surface area contributed by atoms with Crippen LogP contribution in [0.15, 0.2) is 84.9 Å². The SMILES string of the molecule is CC[C@H](NC(=O)C1(c2ccccc2)CCN(C(=O)N2CCN(c3ccc(F)cc3)CC2)CC1)c1ccccc1. The molecule has 6 nitrogen and oxygen atoms in total. The van der Waals surface area contributed by atoms with Gasteiger partial charge in [-0.2, -0.15) is 0 Å². The number of piperidine rings is 1. The summed E-state index contributed by atoms with van der Waals surface area (Å²) in [6.45, 7) is 5.80. The zero-order valence-corrected chi connectivity index (χ0v) is 22.6. The third-order valence-corrected chi connectivity index (χ3v) is 8.31. The average molecular weight is 529 g/mol. The Kier molecular flexibility index (Phi) is 8.15. The van der Waals surface area contributed by atoms with Gasteiger partial charge in [0.15, 0.2) is 0 Å². The monoisotopic (exact) mass is 528 g/mol. The molecule has 0 bridgehead atoms. The second kappa shape index (κ2) is 11.9. The van der Waals surface area contributed by atoms with Gasteiger partial charge in [0.05, 0.1) is 11.5 Å². The van der Waals surface area contributed by atoms with E-state index in [0.717, 1.165) is 23.2 Å². The van der Waals surface area contributed by atoms with Crippen molar-refractivity contribution < 1.29 is 14.0 Å². The van der Waals surface area contributed by atoms with Gasteiger partial charge in [0.1, 0.15) is 5.82 Å². The van der Waals surface area contributed by atoms with Crippen LogP contribution in [-0.2, 0) is 10.2 Å². The highest BCUT2D eigenvalue weighted by Gasteiger charge is 2.44. The van der Waals surface area contributed by atoms with Crippen LogP contribution >= 0.6 is 0 Å². The number of halogens is 1. The van der Waals surface area contributed by atoms with E-state index in [4.69, 9.17) is 0 Å². The van der Waals surface area contributed by atoms with Crippen molar-refractivity contribution in [3.8, 4) is 0 Å². The zero-order valence-electron chi connectivity index (χ0n) is 22.6. The van der Waals surface area contributed by atoms with Crippen molar-refractivity contribution in [1.29, 1.82) is 0 Å². The van der Waals surface area contributed by atoms with E-state index in [9.17, 15) is 14.0 Å². The number of nitrogens with zero attached hydrogens (tertiary/aromatic N) is 3. The minimum absolute atomic E-state index is 0.0319. The first-order valence-corrected chi connectivity index (χ1v) is 14.0. The van der Waals surface area contributed by atoms with Gasteiger partial charge in [-0.05, 0) is 54.7 Å². The molecule has 3 aromatic carbocycles. The molecule has 3 amide bonds. The topological polar surface area (TPSA) is 55.9 Å². The largest absolute Gasteiger partial charge is 0.368 e. The second-order valence-electron chi connectivity index (χ2n) is 10.5. The highest BCUT2D eigenvalue weighted by molar-refractivity contribution is 5.89. The molecule has 2 saturated heterocycles. The minimum atomic E-state index is -0.679. The van der Waals surface area contributed by atoms with Gasteiger partial charge in [0, 0.05) is 45.0 Å². The predicted octanol–water partition coefficient (Wildman–Crippen LogP) is 5.37. The molecule has 2 fully saturated rings. The summed E-state index contributed by atoms with van der Waals surface area (Å²) >= 11 is 0. The molecule has 204 valence electrons. The third-order valence-electron chi connectivity index (χ3n) is 8.31. The molecule has 0 aromatic heterocycles. The van der Waals surface area contributed by atoms with Crippen molar-refractivity contribution >= 4 is 17.6 Å². The van der Waals surface area contributed by atoms with Crippen LogP contribution in [0.5, 0.6) is 0 Å². The molecule has 39 heavy (non-hydrogen) atoms. The van der Waals surface area contributed by atoms with Crippen LogP contribution < -0.4 is 10.2 Å². The quantitative estimate of drug-likeness (QED) is 0.468. The molecule has 1 atom stereocenters. The summed E-state index contributed by atoms with van der Waals surface area (Å²) in [5.41, 5.74) is 2.40. The number of carbonyl (C=O) groups is 2. The Balaban J connectivity index is 1.25. The fourth-order valence-electron chi connectivity index (χ4n) is 5.89. The number of hydrogen-bond acceptors (Lipinski definition) is 3. The van der Waals surface area contributed by atoms with E-state index < -0.39 is 5.41 Å². The number of likely N-dealkylation sites (tertiary alicyclic amines) is 1. The van der Waals surface area contributed by atoms with Crippen LogP contribution in [0.1, 0.15) is 43.4 Å². The maximum Gasteiger partial charge on any atom is 0.320 e. The molecule has 2 aliphatic rings. The summed E-state index contributed by atoms with van der Waals surface area (Å²) in [4.78, 5) is 33.4. The van der Waals surface area contributed by atoms with Crippen molar-refractivity contribution in [2.75, 3.05) is 44.2 Å². The molecule has 7 heteroatoms. The van der Waals surface area contributed by atoms with Gasteiger partial charge in [-0.25, -0.2) is 9.18 Å². The fraction of sp³-hybridized carbons (Fsp3) is 0.375. The maximum atomic E-state index is 14.0. The number of nitrogens with one attached hydrogen (secondary N) is 1. The first-order chi connectivity index (χ1) is 19.0. The summed E-state index contributed by atoms with van der Waals surface area (Å²) in [6, 6.07) is 26.6. The normalized spacial score (nSPS) is 17.9. The fourth-order valence-corrected chi connectivity index (χ4v) is 5.89. The molecular weight excluding hydrogens is 491 g/mol. The van der Waals surface area contributed by atoms with Gasteiger partial charge in [0.25, 0.3) is 0 Å². The van der Waals surface area contributed by atoms with E-state index in [1.165, 1.54) is 12.1 Å². The lowest BCUT2D eigenvalue weighted by atomic mass is 9.71. The highest BCUT2D eigenvalue weighted by Crippen LogP contribution is 2.37. The molecule has 3 aromatic rings. The molecule has 0 unspecified atom stereocenters. The van der Waals surface area contributed by atoms with Gasteiger partial charge >= 0.3 is 6.03 Å². The molecule has 0 spiro atoms. The zero-order chi connectivity index (χ0) is 27.2. The number of rotatable bonds is 6. The minimum Gasteiger partial charge on any atom is -0.368 e. The number of urea groups is 1. The van der Waals surface area contributed by atoms with Crippen LogP contribution in [0, 0.1) is 5.82 Å². The van der Waals surface area contributed by atoms with Crippen molar-refractivity contribution in [2.24, 2.45) is 0 Å². The van der Waals surface area contributed by atoms with Crippen molar-refractivity contribution in [3.63, 3.8) is 0 Å². The summed E-state index contributed by atoms with van der Waals surface area (Å²) in [5.74, 6) is -0.215. The summed E-state index contributed by atoms with van der Waals surface area (Å²) < 4.78 is 13.3. The van der Waals surface area contributed by atoms with Gasteiger partial charge in [-0.15, -0.1) is 0 Å². The van der Waals surface area contributed by atoms with Gasteiger partial charge in [-0.1, -0.05) is 67.6 Å². The molecule has 1 N–H and O–H groups in total. The van der Waals surface area contributed by atoms with Crippen molar-refractivity contribution in [3.05, 3.63) is 102 Å².